The molecule has 3 rings (SSSR count). The van der Waals surface area contributed by atoms with E-state index < -0.39 is 0 Å². The summed E-state index contributed by atoms with van der Waals surface area (Å²) in [5, 5.41) is 11.3. The third kappa shape index (κ3) is 6.74. The topological polar surface area (TPSA) is 103 Å². The van der Waals surface area contributed by atoms with Gasteiger partial charge < -0.3 is 26.2 Å². The van der Waals surface area contributed by atoms with Gasteiger partial charge in [-0.25, -0.2) is 9.59 Å². The molecule has 1 atom stereocenters. The van der Waals surface area contributed by atoms with Crippen LogP contribution in [0.15, 0.2) is 54.6 Å². The van der Waals surface area contributed by atoms with Crippen molar-refractivity contribution in [3.8, 4) is 0 Å². The SMILES string of the molecule is CC(C)NC(=O)C1CCCN(C(=O)Nc2ccc(NC(=O)Nc3ccccc3)cc2)C1. The highest BCUT2D eigenvalue weighted by atomic mass is 16.2. The van der Waals surface area contributed by atoms with Crippen molar-refractivity contribution in [3.05, 3.63) is 54.6 Å². The zero-order valence-corrected chi connectivity index (χ0v) is 17.9. The molecule has 31 heavy (non-hydrogen) atoms. The highest BCUT2D eigenvalue weighted by Crippen LogP contribution is 2.19. The molecule has 4 N–H and O–H groups in total. The molecule has 164 valence electrons. The van der Waals surface area contributed by atoms with Crippen LogP contribution >= 0.6 is 0 Å². The van der Waals surface area contributed by atoms with Crippen LogP contribution in [0.2, 0.25) is 0 Å². The number of benzene rings is 2. The number of carbonyl (C=O) groups is 3. The van der Waals surface area contributed by atoms with Gasteiger partial charge in [0.15, 0.2) is 0 Å². The molecule has 8 heteroatoms. The van der Waals surface area contributed by atoms with Gasteiger partial charge in [-0.05, 0) is 63.1 Å². The molecule has 0 spiro atoms. The molecule has 1 heterocycles. The van der Waals surface area contributed by atoms with Gasteiger partial charge in [-0.3, -0.25) is 4.79 Å². The van der Waals surface area contributed by atoms with E-state index in [9.17, 15) is 14.4 Å². The molecule has 0 bridgehead atoms. The lowest BCUT2D eigenvalue weighted by Gasteiger charge is -2.32. The summed E-state index contributed by atoms with van der Waals surface area (Å²) in [6.07, 6.45) is 1.58. The van der Waals surface area contributed by atoms with Crippen LogP contribution in [0.4, 0.5) is 26.7 Å². The van der Waals surface area contributed by atoms with Gasteiger partial charge in [-0.15, -0.1) is 0 Å². The monoisotopic (exact) mass is 423 g/mol. The predicted molar refractivity (Wildman–Crippen MR) is 122 cm³/mol. The minimum Gasteiger partial charge on any atom is -0.354 e. The number of carbonyl (C=O) groups excluding carboxylic acids is 3. The van der Waals surface area contributed by atoms with E-state index in [0.29, 0.717) is 30.2 Å². The van der Waals surface area contributed by atoms with E-state index in [1.165, 1.54) is 0 Å². The molecule has 2 aromatic carbocycles. The third-order valence-corrected chi connectivity index (χ3v) is 4.94. The number of likely N-dealkylation sites (tertiary alicyclic amines) is 1. The zero-order chi connectivity index (χ0) is 22.2. The van der Waals surface area contributed by atoms with Gasteiger partial charge in [0.2, 0.25) is 5.91 Å². The number of rotatable bonds is 5. The second-order valence-corrected chi connectivity index (χ2v) is 7.90. The van der Waals surface area contributed by atoms with Crippen LogP contribution in [-0.4, -0.2) is 42.0 Å². The van der Waals surface area contributed by atoms with E-state index in [4.69, 9.17) is 0 Å². The molecule has 1 aliphatic heterocycles. The lowest BCUT2D eigenvalue weighted by atomic mass is 9.97. The number of hydrogen-bond acceptors (Lipinski definition) is 3. The Hall–Kier alpha value is -3.55. The molecule has 0 aliphatic carbocycles. The molecule has 1 aliphatic rings. The van der Waals surface area contributed by atoms with Gasteiger partial charge in [-0.2, -0.15) is 0 Å². The van der Waals surface area contributed by atoms with Crippen molar-refractivity contribution < 1.29 is 14.4 Å². The molecule has 5 amide bonds. The van der Waals surface area contributed by atoms with Gasteiger partial charge in [0.1, 0.15) is 0 Å². The fourth-order valence-electron chi connectivity index (χ4n) is 3.43. The second kappa shape index (κ2) is 10.5. The Kier molecular flexibility index (Phi) is 7.48. The minimum atomic E-state index is -0.345. The number of nitrogens with zero attached hydrogens (tertiary/aromatic N) is 1. The van der Waals surface area contributed by atoms with Gasteiger partial charge in [-0.1, -0.05) is 18.2 Å². The summed E-state index contributed by atoms with van der Waals surface area (Å²) in [7, 11) is 0. The lowest BCUT2D eigenvalue weighted by molar-refractivity contribution is -0.126. The maximum Gasteiger partial charge on any atom is 0.323 e. The number of nitrogens with one attached hydrogen (secondary N) is 4. The molecule has 0 radical (unpaired) electrons. The van der Waals surface area contributed by atoms with E-state index in [1.807, 2.05) is 32.0 Å². The van der Waals surface area contributed by atoms with Crippen LogP contribution in [0.5, 0.6) is 0 Å². The van der Waals surface area contributed by atoms with E-state index in [2.05, 4.69) is 21.3 Å². The van der Waals surface area contributed by atoms with Crippen LogP contribution < -0.4 is 21.3 Å². The maximum atomic E-state index is 12.6. The Labute approximate surface area is 182 Å². The standard InChI is InChI=1S/C23H29N5O3/c1-16(2)24-21(29)17-7-6-14-28(15-17)23(31)27-20-12-10-19(11-13-20)26-22(30)25-18-8-4-3-5-9-18/h3-5,8-13,16-17H,6-7,14-15H2,1-2H3,(H,24,29)(H,27,31)(H2,25,26,30). The van der Waals surface area contributed by atoms with Crippen molar-refractivity contribution in [1.29, 1.82) is 0 Å². The Balaban J connectivity index is 1.50. The van der Waals surface area contributed by atoms with E-state index in [1.54, 1.807) is 41.3 Å². The molecular formula is C23H29N5O3. The number of piperidine rings is 1. The summed E-state index contributed by atoms with van der Waals surface area (Å²) in [5.41, 5.74) is 1.92. The molecule has 8 nitrogen and oxygen atoms in total. The van der Waals surface area contributed by atoms with Gasteiger partial charge >= 0.3 is 12.1 Å². The number of urea groups is 2. The largest absolute Gasteiger partial charge is 0.354 e. The summed E-state index contributed by atoms with van der Waals surface area (Å²) < 4.78 is 0. The van der Waals surface area contributed by atoms with Gasteiger partial charge in [0.25, 0.3) is 0 Å². The van der Waals surface area contributed by atoms with Crippen molar-refractivity contribution in [2.75, 3.05) is 29.0 Å². The average molecular weight is 424 g/mol. The molecule has 2 aromatic rings. The smallest absolute Gasteiger partial charge is 0.323 e. The Morgan fingerprint density at radius 3 is 2.06 bits per heavy atom. The molecule has 1 unspecified atom stereocenters. The van der Waals surface area contributed by atoms with Crippen LogP contribution in [0.3, 0.4) is 0 Å². The first kappa shape index (κ1) is 22.1. The molecular weight excluding hydrogens is 394 g/mol. The fraction of sp³-hybridized carbons (Fsp3) is 0.348. The summed E-state index contributed by atoms with van der Waals surface area (Å²) in [4.78, 5) is 38.6. The van der Waals surface area contributed by atoms with E-state index in [0.717, 1.165) is 12.8 Å². The van der Waals surface area contributed by atoms with Crippen molar-refractivity contribution >= 4 is 35.0 Å². The van der Waals surface area contributed by atoms with Crippen molar-refractivity contribution in [2.45, 2.75) is 32.7 Å². The maximum absolute atomic E-state index is 12.6. The minimum absolute atomic E-state index is 0.00305. The van der Waals surface area contributed by atoms with Crippen molar-refractivity contribution in [3.63, 3.8) is 0 Å². The van der Waals surface area contributed by atoms with Crippen LogP contribution in [0.1, 0.15) is 26.7 Å². The predicted octanol–water partition coefficient (Wildman–Crippen LogP) is 4.10. The number of amides is 5. The highest BCUT2D eigenvalue weighted by Gasteiger charge is 2.28. The van der Waals surface area contributed by atoms with Crippen molar-refractivity contribution in [1.82, 2.24) is 10.2 Å². The van der Waals surface area contributed by atoms with Crippen LogP contribution in [0, 0.1) is 5.92 Å². The van der Waals surface area contributed by atoms with Gasteiger partial charge in [0.05, 0.1) is 5.92 Å². The summed E-state index contributed by atoms with van der Waals surface area (Å²) >= 11 is 0. The van der Waals surface area contributed by atoms with Crippen molar-refractivity contribution in [2.24, 2.45) is 5.92 Å². The Morgan fingerprint density at radius 2 is 1.45 bits per heavy atom. The number of hydrogen-bond donors (Lipinski definition) is 4. The Bertz CT molecular complexity index is 899. The molecule has 0 aromatic heterocycles. The van der Waals surface area contributed by atoms with Crippen LogP contribution in [-0.2, 0) is 4.79 Å². The number of para-hydroxylation sites is 1. The molecule has 1 fully saturated rings. The average Bonchev–Trinajstić information content (AvgIpc) is 2.75. The fourth-order valence-corrected chi connectivity index (χ4v) is 3.43. The van der Waals surface area contributed by atoms with Gasteiger partial charge in [0, 0.05) is 36.2 Å². The molecule has 0 saturated carbocycles. The third-order valence-electron chi connectivity index (χ3n) is 4.94. The summed E-state index contributed by atoms with van der Waals surface area (Å²) in [6.45, 7) is 4.88. The quantitative estimate of drug-likeness (QED) is 0.582. The highest BCUT2D eigenvalue weighted by molar-refractivity contribution is 6.00. The zero-order valence-electron chi connectivity index (χ0n) is 17.9. The molecule has 1 saturated heterocycles. The summed E-state index contributed by atoms with van der Waals surface area (Å²) in [6, 6.07) is 15.6. The first-order valence-corrected chi connectivity index (χ1v) is 10.5. The number of anilines is 3. The second-order valence-electron chi connectivity index (χ2n) is 7.90. The van der Waals surface area contributed by atoms with Crippen LogP contribution in [0.25, 0.3) is 0 Å². The lowest BCUT2D eigenvalue weighted by Crippen LogP contribution is -2.47. The first-order valence-electron chi connectivity index (χ1n) is 10.5. The van der Waals surface area contributed by atoms with E-state index in [-0.39, 0.29) is 29.9 Å². The summed E-state index contributed by atoms with van der Waals surface area (Å²) in [5.74, 6) is -0.187. The Morgan fingerprint density at radius 1 is 0.871 bits per heavy atom. The normalized spacial score (nSPS) is 15.8. The first-order chi connectivity index (χ1) is 14.9. The van der Waals surface area contributed by atoms with E-state index >= 15 is 0 Å².